The van der Waals surface area contributed by atoms with Gasteiger partial charge in [-0.3, -0.25) is 4.90 Å². The summed E-state index contributed by atoms with van der Waals surface area (Å²) in [6, 6.07) is 1.98. The maximum atomic E-state index is 13.9. The number of rotatable bonds is 6. The van der Waals surface area contributed by atoms with E-state index in [1.807, 2.05) is 38.8 Å². The van der Waals surface area contributed by atoms with E-state index in [0.717, 1.165) is 18.2 Å². The van der Waals surface area contributed by atoms with Crippen LogP contribution in [0.15, 0.2) is 10.5 Å². The molecule has 0 bridgehead atoms. The molecule has 2 aliphatic heterocycles. The number of likely N-dealkylation sites (N-methyl/N-ethyl adjacent to an activating group) is 1. The SMILES string of the molecule is CN1C[C@H](F)C[C@H]1COc1nc(N2CCN(C(=O)OC(C)(C)C)CC2)c2cc(Cl)c(Br)c(OC3CC3)c2n1. The summed E-state index contributed by atoms with van der Waals surface area (Å²) in [5, 5.41) is 1.24. The molecule has 3 heterocycles. The number of nitrogens with zero attached hydrogens (tertiary/aromatic N) is 5. The van der Waals surface area contributed by atoms with Crippen LogP contribution in [-0.4, -0.2) is 96.2 Å². The average Bonchev–Trinajstić information content (AvgIpc) is 3.61. The number of ether oxygens (including phenoxy) is 3. The number of benzene rings is 1. The zero-order chi connectivity index (χ0) is 27.2. The van der Waals surface area contributed by atoms with Crippen LogP contribution in [0.25, 0.3) is 10.9 Å². The van der Waals surface area contributed by atoms with Crippen molar-refractivity contribution in [3.8, 4) is 11.8 Å². The fraction of sp³-hybridized carbons (Fsp3) is 0.654. The van der Waals surface area contributed by atoms with E-state index in [1.54, 1.807) is 4.90 Å². The Morgan fingerprint density at radius 3 is 2.53 bits per heavy atom. The normalized spacial score (nSPS) is 22.7. The second-order valence-corrected chi connectivity index (χ2v) is 12.4. The lowest BCUT2D eigenvalue weighted by Gasteiger charge is -2.36. The topological polar surface area (TPSA) is 80.3 Å². The Balaban J connectivity index is 1.44. The minimum absolute atomic E-state index is 0.0516. The molecule has 0 unspecified atom stereocenters. The number of likely N-dealkylation sites (tertiary alicyclic amines) is 1. The second kappa shape index (κ2) is 10.8. The number of hydrogen-bond donors (Lipinski definition) is 0. The monoisotopic (exact) mass is 613 g/mol. The van der Waals surface area contributed by atoms with Crippen molar-refractivity contribution < 1.29 is 23.4 Å². The standard InChI is InChI=1S/C26H34BrClFN5O4/c1-26(2,3)38-25(35)34-9-7-33(8-10-34)23-18-12-19(28)20(27)22(37-17-5-6-17)21(18)30-24(31-23)36-14-16-11-15(29)13-32(16)4/h12,15-17H,5-11,13-14H2,1-4H3/t15-,16+/m1/s1. The van der Waals surface area contributed by atoms with Gasteiger partial charge in [-0.05, 0) is 69.1 Å². The molecule has 9 nitrogen and oxygen atoms in total. The van der Waals surface area contributed by atoms with E-state index in [9.17, 15) is 9.18 Å². The molecule has 1 aromatic heterocycles. The number of carbonyl (C=O) groups is 1. The van der Waals surface area contributed by atoms with Crippen molar-refractivity contribution in [3.05, 3.63) is 15.6 Å². The van der Waals surface area contributed by atoms with Gasteiger partial charge in [0.25, 0.3) is 0 Å². The molecule has 0 radical (unpaired) electrons. The van der Waals surface area contributed by atoms with Crippen molar-refractivity contribution in [2.24, 2.45) is 0 Å². The summed E-state index contributed by atoms with van der Waals surface area (Å²) >= 11 is 10.2. The highest BCUT2D eigenvalue weighted by molar-refractivity contribution is 9.10. The quantitative estimate of drug-likeness (QED) is 0.447. The molecule has 5 rings (SSSR count). The van der Waals surface area contributed by atoms with Gasteiger partial charge in [0, 0.05) is 44.2 Å². The predicted molar refractivity (Wildman–Crippen MR) is 147 cm³/mol. The lowest BCUT2D eigenvalue weighted by Crippen LogP contribution is -2.50. The predicted octanol–water partition coefficient (Wildman–Crippen LogP) is 5.07. The number of alkyl halides is 1. The molecule has 2 aromatic rings. The Morgan fingerprint density at radius 1 is 1.21 bits per heavy atom. The van der Waals surface area contributed by atoms with Crippen LogP contribution >= 0.6 is 27.5 Å². The Hall–Kier alpha value is -2.11. The number of piperazine rings is 1. The number of amides is 1. The summed E-state index contributed by atoms with van der Waals surface area (Å²) in [5.74, 6) is 1.23. The second-order valence-electron chi connectivity index (χ2n) is 11.2. The van der Waals surface area contributed by atoms with Gasteiger partial charge in [-0.15, -0.1) is 0 Å². The highest BCUT2D eigenvalue weighted by Gasteiger charge is 2.32. The molecular weight excluding hydrogens is 581 g/mol. The summed E-state index contributed by atoms with van der Waals surface area (Å²) in [7, 11) is 1.89. The number of aromatic nitrogens is 2. The van der Waals surface area contributed by atoms with Gasteiger partial charge in [0.15, 0.2) is 5.75 Å². The van der Waals surface area contributed by atoms with Crippen molar-refractivity contribution in [1.82, 2.24) is 19.8 Å². The zero-order valence-corrected chi connectivity index (χ0v) is 24.5. The molecule has 1 aliphatic carbocycles. The first-order valence-corrected chi connectivity index (χ1v) is 14.2. The first-order valence-electron chi connectivity index (χ1n) is 13.0. The number of fused-ring (bicyclic) bond motifs is 1. The Morgan fingerprint density at radius 2 is 1.92 bits per heavy atom. The molecule has 1 aromatic carbocycles. The zero-order valence-electron chi connectivity index (χ0n) is 22.2. The fourth-order valence-corrected chi connectivity index (χ4v) is 5.31. The summed E-state index contributed by atoms with van der Waals surface area (Å²) in [4.78, 5) is 27.9. The summed E-state index contributed by atoms with van der Waals surface area (Å²) in [5.41, 5.74) is 0.0481. The largest absolute Gasteiger partial charge is 0.487 e. The first kappa shape index (κ1) is 27.5. The molecule has 3 fully saturated rings. The summed E-state index contributed by atoms with van der Waals surface area (Å²) < 4.78 is 32.4. The summed E-state index contributed by atoms with van der Waals surface area (Å²) in [6.07, 6.45) is 1.31. The Kier molecular flexibility index (Phi) is 7.81. The molecule has 0 spiro atoms. The molecule has 1 amide bonds. The smallest absolute Gasteiger partial charge is 0.410 e. The van der Waals surface area contributed by atoms with E-state index < -0.39 is 11.8 Å². The molecule has 3 aliphatic rings. The summed E-state index contributed by atoms with van der Waals surface area (Å²) in [6.45, 7) is 8.31. The van der Waals surface area contributed by atoms with Crippen LogP contribution < -0.4 is 14.4 Å². The fourth-order valence-electron chi connectivity index (χ4n) is 4.72. The van der Waals surface area contributed by atoms with Gasteiger partial charge < -0.3 is 24.0 Å². The maximum absolute atomic E-state index is 13.9. The molecule has 0 N–H and O–H groups in total. The molecular formula is C26H34BrClFN5O4. The molecule has 38 heavy (non-hydrogen) atoms. The lowest BCUT2D eigenvalue weighted by atomic mass is 10.2. The first-order chi connectivity index (χ1) is 18.0. The molecule has 2 saturated heterocycles. The van der Waals surface area contributed by atoms with E-state index in [2.05, 4.69) is 20.8 Å². The van der Waals surface area contributed by atoms with Crippen LogP contribution in [-0.2, 0) is 4.74 Å². The average molecular weight is 615 g/mol. The number of hydrogen-bond acceptors (Lipinski definition) is 8. The number of anilines is 1. The third-order valence-electron chi connectivity index (χ3n) is 6.88. The van der Waals surface area contributed by atoms with E-state index in [-0.39, 0.29) is 30.9 Å². The van der Waals surface area contributed by atoms with Crippen LogP contribution in [0, 0.1) is 0 Å². The van der Waals surface area contributed by atoms with Crippen molar-refractivity contribution in [1.29, 1.82) is 0 Å². The van der Waals surface area contributed by atoms with Crippen molar-refractivity contribution in [2.45, 2.75) is 64.0 Å². The molecule has 12 heteroatoms. The van der Waals surface area contributed by atoms with Gasteiger partial charge in [0.2, 0.25) is 0 Å². The van der Waals surface area contributed by atoms with Gasteiger partial charge in [0.05, 0.1) is 15.6 Å². The van der Waals surface area contributed by atoms with Crippen LogP contribution in [0.5, 0.6) is 11.8 Å². The van der Waals surface area contributed by atoms with Crippen LogP contribution in [0.1, 0.15) is 40.0 Å². The molecule has 2 atom stereocenters. The minimum Gasteiger partial charge on any atom is -0.487 e. The van der Waals surface area contributed by atoms with Crippen molar-refractivity contribution >= 4 is 50.3 Å². The van der Waals surface area contributed by atoms with Gasteiger partial charge in [-0.25, -0.2) is 9.18 Å². The van der Waals surface area contributed by atoms with E-state index in [4.69, 9.17) is 35.8 Å². The van der Waals surface area contributed by atoms with Gasteiger partial charge in [-0.2, -0.15) is 9.97 Å². The van der Waals surface area contributed by atoms with Crippen LogP contribution in [0.3, 0.4) is 0 Å². The molecule has 1 saturated carbocycles. The van der Waals surface area contributed by atoms with Crippen LogP contribution in [0.4, 0.5) is 15.0 Å². The third kappa shape index (κ3) is 6.20. The van der Waals surface area contributed by atoms with E-state index in [1.165, 1.54) is 0 Å². The van der Waals surface area contributed by atoms with E-state index >= 15 is 0 Å². The molecule has 208 valence electrons. The lowest BCUT2D eigenvalue weighted by molar-refractivity contribution is 0.0240. The highest BCUT2D eigenvalue weighted by Crippen LogP contribution is 2.44. The van der Waals surface area contributed by atoms with E-state index in [0.29, 0.717) is 65.7 Å². The maximum Gasteiger partial charge on any atom is 0.410 e. The Labute approximate surface area is 235 Å². The third-order valence-corrected chi connectivity index (χ3v) is 8.20. The van der Waals surface area contributed by atoms with Gasteiger partial charge in [-0.1, -0.05) is 11.6 Å². The van der Waals surface area contributed by atoms with Crippen molar-refractivity contribution in [2.75, 3.05) is 51.3 Å². The number of carbonyl (C=O) groups excluding carboxylic acids is 1. The van der Waals surface area contributed by atoms with Crippen molar-refractivity contribution in [3.63, 3.8) is 0 Å². The minimum atomic E-state index is -0.861. The van der Waals surface area contributed by atoms with Gasteiger partial charge >= 0.3 is 12.1 Å². The number of halogens is 3. The highest BCUT2D eigenvalue weighted by atomic mass is 79.9. The van der Waals surface area contributed by atoms with Gasteiger partial charge in [0.1, 0.15) is 29.7 Å². The Bertz CT molecular complexity index is 1200. The van der Waals surface area contributed by atoms with Crippen LogP contribution in [0.2, 0.25) is 5.02 Å².